The molecule has 0 atom stereocenters. The molecule has 5 nitrogen and oxygen atoms in total. The largest absolute Gasteiger partial charge is 0.409 e. The number of amides is 1. The quantitative estimate of drug-likeness (QED) is 0.338. The van der Waals surface area contributed by atoms with E-state index in [0.29, 0.717) is 18.5 Å². The Hall–Kier alpha value is -2.11. The summed E-state index contributed by atoms with van der Waals surface area (Å²) in [5, 5.41) is 14.4. The third-order valence-corrected chi connectivity index (χ3v) is 3.69. The smallest absolute Gasteiger partial charge is 0.238 e. The molecule has 1 amide bonds. The highest BCUT2D eigenvalue weighted by Crippen LogP contribution is 2.42. The minimum Gasteiger partial charge on any atom is -0.409 e. The highest BCUT2D eigenvalue weighted by molar-refractivity contribution is 6.12. The van der Waals surface area contributed by atoms with Gasteiger partial charge in [-0.2, -0.15) is 0 Å². The van der Waals surface area contributed by atoms with E-state index in [1.165, 1.54) is 12.1 Å². The molecule has 1 aromatic rings. The monoisotopic (exact) mass is 265 g/mol. The van der Waals surface area contributed by atoms with Crippen molar-refractivity contribution < 1.29 is 14.4 Å². The van der Waals surface area contributed by atoms with Gasteiger partial charge in [0.15, 0.2) is 5.84 Å². The number of rotatable bonds is 3. The number of nitrogens with two attached hydrogens (primary N) is 1. The molecular formula is C13H16FN3O2. The number of hydrogen-bond acceptors (Lipinski definition) is 3. The molecule has 1 fully saturated rings. The first kappa shape index (κ1) is 13.3. The van der Waals surface area contributed by atoms with Gasteiger partial charge in [-0.1, -0.05) is 17.6 Å². The van der Waals surface area contributed by atoms with Crippen molar-refractivity contribution in [3.05, 3.63) is 29.6 Å². The number of aryl methyl sites for hydroxylation is 1. The van der Waals surface area contributed by atoms with Gasteiger partial charge >= 0.3 is 0 Å². The van der Waals surface area contributed by atoms with Gasteiger partial charge in [-0.15, -0.1) is 0 Å². The van der Waals surface area contributed by atoms with Crippen LogP contribution < -0.4 is 11.1 Å². The van der Waals surface area contributed by atoms with E-state index in [1.807, 2.05) is 0 Å². The molecule has 1 aliphatic rings. The molecule has 0 aromatic heterocycles. The second kappa shape index (κ2) is 4.87. The van der Waals surface area contributed by atoms with Gasteiger partial charge in [0.25, 0.3) is 0 Å². The Morgan fingerprint density at radius 2 is 2.21 bits per heavy atom. The van der Waals surface area contributed by atoms with E-state index < -0.39 is 11.2 Å². The predicted octanol–water partition coefficient (Wildman–Crippen LogP) is 1.99. The number of nitrogens with zero attached hydrogens (tertiary/aromatic N) is 1. The van der Waals surface area contributed by atoms with Gasteiger partial charge in [-0.3, -0.25) is 4.79 Å². The lowest BCUT2D eigenvalue weighted by atomic mass is 9.67. The Morgan fingerprint density at radius 1 is 1.53 bits per heavy atom. The molecule has 6 heteroatoms. The summed E-state index contributed by atoms with van der Waals surface area (Å²) in [6.07, 6.45) is 1.90. The van der Waals surface area contributed by atoms with Crippen LogP contribution in [0.15, 0.2) is 23.4 Å². The molecular weight excluding hydrogens is 249 g/mol. The number of oxime groups is 1. The average Bonchev–Trinajstić information content (AvgIpc) is 2.32. The predicted molar refractivity (Wildman–Crippen MR) is 69.5 cm³/mol. The summed E-state index contributed by atoms with van der Waals surface area (Å²) in [4.78, 5) is 12.3. The molecule has 2 rings (SSSR count). The van der Waals surface area contributed by atoms with Gasteiger partial charge in [0.2, 0.25) is 5.91 Å². The molecule has 1 saturated carbocycles. The van der Waals surface area contributed by atoms with Crippen LogP contribution in [0.3, 0.4) is 0 Å². The van der Waals surface area contributed by atoms with Gasteiger partial charge in [0.05, 0.1) is 0 Å². The lowest BCUT2D eigenvalue weighted by Crippen LogP contribution is -2.51. The second-order valence-electron chi connectivity index (χ2n) is 4.83. The van der Waals surface area contributed by atoms with Crippen LogP contribution in [-0.2, 0) is 4.79 Å². The van der Waals surface area contributed by atoms with Gasteiger partial charge in [0.1, 0.15) is 11.2 Å². The highest BCUT2D eigenvalue weighted by atomic mass is 19.1. The highest BCUT2D eigenvalue weighted by Gasteiger charge is 2.48. The normalized spacial score (nSPS) is 17.7. The van der Waals surface area contributed by atoms with Crippen LogP contribution in [0, 0.1) is 18.2 Å². The van der Waals surface area contributed by atoms with Crippen molar-refractivity contribution in [1.29, 1.82) is 0 Å². The summed E-state index contributed by atoms with van der Waals surface area (Å²) in [5.74, 6) is -0.875. The summed E-state index contributed by atoms with van der Waals surface area (Å²) in [6.45, 7) is 1.77. The first-order valence-electron chi connectivity index (χ1n) is 6.05. The Labute approximate surface area is 110 Å². The molecule has 0 heterocycles. The number of hydrogen-bond donors (Lipinski definition) is 3. The van der Waals surface area contributed by atoms with E-state index in [-0.39, 0.29) is 11.7 Å². The second-order valence-corrected chi connectivity index (χ2v) is 4.83. The van der Waals surface area contributed by atoms with Gasteiger partial charge in [-0.25, -0.2) is 4.39 Å². The fraction of sp³-hybridized carbons (Fsp3) is 0.385. The zero-order chi connectivity index (χ0) is 14.0. The summed E-state index contributed by atoms with van der Waals surface area (Å²) >= 11 is 0. The number of amidine groups is 1. The summed E-state index contributed by atoms with van der Waals surface area (Å²) in [6, 6.07) is 4.17. The van der Waals surface area contributed by atoms with Gasteiger partial charge in [0, 0.05) is 5.69 Å². The van der Waals surface area contributed by atoms with Crippen LogP contribution >= 0.6 is 0 Å². The molecule has 0 bridgehead atoms. The van der Waals surface area contributed by atoms with Crippen LogP contribution in [-0.4, -0.2) is 17.0 Å². The van der Waals surface area contributed by atoms with Gasteiger partial charge < -0.3 is 16.3 Å². The first-order valence-corrected chi connectivity index (χ1v) is 6.05. The third kappa shape index (κ3) is 2.25. The van der Waals surface area contributed by atoms with Crippen LogP contribution in [0.25, 0.3) is 0 Å². The van der Waals surface area contributed by atoms with Crippen molar-refractivity contribution >= 4 is 17.4 Å². The molecule has 0 aliphatic heterocycles. The van der Waals surface area contributed by atoms with Crippen LogP contribution in [0.2, 0.25) is 0 Å². The van der Waals surface area contributed by atoms with Crippen molar-refractivity contribution in [3.8, 4) is 0 Å². The minimum absolute atomic E-state index is 0.0923. The Morgan fingerprint density at radius 3 is 2.74 bits per heavy atom. The van der Waals surface area contributed by atoms with E-state index in [2.05, 4.69) is 10.5 Å². The standard InChI is InChI=1S/C13H16FN3O2/c1-8-3-4-9(14)7-10(8)16-12(18)13(5-2-6-13)11(15)17-19/h3-4,7,19H,2,5-6H2,1H3,(H2,15,17)(H,16,18). The number of benzene rings is 1. The van der Waals surface area contributed by atoms with Crippen molar-refractivity contribution in [2.24, 2.45) is 16.3 Å². The summed E-state index contributed by atoms with van der Waals surface area (Å²) < 4.78 is 13.2. The molecule has 0 saturated heterocycles. The topological polar surface area (TPSA) is 87.7 Å². The fourth-order valence-electron chi connectivity index (χ4n) is 2.20. The summed E-state index contributed by atoms with van der Waals surface area (Å²) in [5.41, 5.74) is 5.79. The van der Waals surface area contributed by atoms with Crippen molar-refractivity contribution in [2.45, 2.75) is 26.2 Å². The maximum Gasteiger partial charge on any atom is 0.238 e. The van der Waals surface area contributed by atoms with Crippen molar-refractivity contribution in [1.82, 2.24) is 0 Å². The fourth-order valence-corrected chi connectivity index (χ4v) is 2.20. The number of halogens is 1. The number of nitrogens with one attached hydrogen (secondary N) is 1. The molecule has 1 aromatic carbocycles. The number of carbonyl (C=O) groups excluding carboxylic acids is 1. The SMILES string of the molecule is Cc1ccc(F)cc1NC(=O)C1(/C(N)=N/O)CCC1. The average molecular weight is 265 g/mol. The van der Waals surface area contributed by atoms with E-state index in [0.717, 1.165) is 12.0 Å². The maximum absolute atomic E-state index is 13.2. The Kier molecular flexibility index (Phi) is 3.42. The van der Waals surface area contributed by atoms with Crippen LogP contribution in [0.5, 0.6) is 0 Å². The van der Waals surface area contributed by atoms with E-state index in [4.69, 9.17) is 10.9 Å². The van der Waals surface area contributed by atoms with E-state index >= 15 is 0 Å². The third-order valence-electron chi connectivity index (χ3n) is 3.69. The van der Waals surface area contributed by atoms with E-state index in [9.17, 15) is 9.18 Å². The number of anilines is 1. The molecule has 4 N–H and O–H groups in total. The van der Waals surface area contributed by atoms with E-state index in [1.54, 1.807) is 13.0 Å². The lowest BCUT2D eigenvalue weighted by Gasteiger charge is -2.38. The molecule has 102 valence electrons. The van der Waals surface area contributed by atoms with Crippen LogP contribution in [0.1, 0.15) is 24.8 Å². The zero-order valence-electron chi connectivity index (χ0n) is 10.6. The number of carbonyl (C=O) groups is 1. The Balaban J connectivity index is 2.23. The maximum atomic E-state index is 13.2. The molecule has 0 spiro atoms. The van der Waals surface area contributed by atoms with Crippen molar-refractivity contribution in [2.75, 3.05) is 5.32 Å². The molecule has 0 unspecified atom stereocenters. The molecule has 19 heavy (non-hydrogen) atoms. The minimum atomic E-state index is -0.965. The Bertz CT molecular complexity index is 539. The zero-order valence-corrected chi connectivity index (χ0v) is 10.6. The lowest BCUT2D eigenvalue weighted by molar-refractivity contribution is -0.125. The summed E-state index contributed by atoms with van der Waals surface area (Å²) in [7, 11) is 0. The van der Waals surface area contributed by atoms with Gasteiger partial charge in [-0.05, 0) is 37.5 Å². The molecule has 0 radical (unpaired) electrons. The molecule has 1 aliphatic carbocycles. The van der Waals surface area contributed by atoms with Crippen LogP contribution in [0.4, 0.5) is 10.1 Å². The first-order chi connectivity index (χ1) is 8.99. The van der Waals surface area contributed by atoms with Crippen molar-refractivity contribution in [3.63, 3.8) is 0 Å².